The highest BCUT2D eigenvalue weighted by Crippen LogP contribution is 2.32. The van der Waals surface area contributed by atoms with Gasteiger partial charge in [-0.25, -0.2) is 4.79 Å². The van der Waals surface area contributed by atoms with Crippen LogP contribution in [0.25, 0.3) is 0 Å². The Morgan fingerprint density at radius 1 is 1.33 bits per heavy atom. The molecule has 0 aromatic heterocycles. The van der Waals surface area contributed by atoms with Gasteiger partial charge in [0.25, 0.3) is 0 Å². The Kier molecular flexibility index (Phi) is 3.10. The van der Waals surface area contributed by atoms with E-state index in [0.29, 0.717) is 13.1 Å². The number of rotatable bonds is 0. The Labute approximate surface area is 109 Å². The van der Waals surface area contributed by atoms with Gasteiger partial charge in [-0.1, -0.05) is 0 Å². The zero-order valence-electron chi connectivity index (χ0n) is 12.0. The standard InChI is InChI=1S/C13H24N2O3/c1-11(2,3)18-10(16)15-8-13(9-15)6-7-17-12(4,5)14-13/h14H,6-9H2,1-5H3. The van der Waals surface area contributed by atoms with Crippen molar-refractivity contribution < 1.29 is 14.3 Å². The van der Waals surface area contributed by atoms with Crippen LogP contribution in [0.2, 0.25) is 0 Å². The van der Waals surface area contributed by atoms with Gasteiger partial charge in [0.1, 0.15) is 11.3 Å². The summed E-state index contributed by atoms with van der Waals surface area (Å²) in [6, 6.07) is 0. The van der Waals surface area contributed by atoms with E-state index in [2.05, 4.69) is 5.32 Å². The molecular formula is C13H24N2O3. The highest BCUT2D eigenvalue weighted by molar-refractivity contribution is 5.69. The topological polar surface area (TPSA) is 50.8 Å². The number of hydrogen-bond donors (Lipinski definition) is 1. The number of amides is 1. The van der Waals surface area contributed by atoms with Crippen LogP contribution in [0.3, 0.4) is 0 Å². The molecule has 0 saturated carbocycles. The van der Waals surface area contributed by atoms with Gasteiger partial charge in [-0.3, -0.25) is 5.32 Å². The van der Waals surface area contributed by atoms with E-state index in [1.165, 1.54) is 0 Å². The normalized spacial score (nSPS) is 25.7. The molecule has 18 heavy (non-hydrogen) atoms. The van der Waals surface area contributed by atoms with E-state index in [0.717, 1.165) is 13.0 Å². The summed E-state index contributed by atoms with van der Waals surface area (Å²) in [7, 11) is 0. The van der Waals surface area contributed by atoms with Crippen molar-refractivity contribution in [2.45, 2.75) is 57.9 Å². The number of carbonyl (C=O) groups is 1. The molecule has 0 aliphatic carbocycles. The fourth-order valence-electron chi connectivity index (χ4n) is 2.62. The maximum absolute atomic E-state index is 11.9. The molecule has 0 radical (unpaired) electrons. The van der Waals surface area contributed by atoms with Crippen LogP contribution in [-0.4, -0.2) is 47.6 Å². The zero-order valence-corrected chi connectivity index (χ0v) is 12.0. The summed E-state index contributed by atoms with van der Waals surface area (Å²) in [5, 5.41) is 3.48. The van der Waals surface area contributed by atoms with E-state index < -0.39 is 5.60 Å². The van der Waals surface area contributed by atoms with Crippen LogP contribution in [0.1, 0.15) is 41.0 Å². The Morgan fingerprint density at radius 2 is 1.94 bits per heavy atom. The lowest BCUT2D eigenvalue weighted by molar-refractivity contribution is -0.142. The fourth-order valence-corrected chi connectivity index (χ4v) is 2.62. The fraction of sp³-hybridized carbons (Fsp3) is 0.923. The summed E-state index contributed by atoms with van der Waals surface area (Å²) in [6.07, 6.45) is 0.717. The van der Waals surface area contributed by atoms with Gasteiger partial charge < -0.3 is 14.4 Å². The van der Waals surface area contributed by atoms with Gasteiger partial charge >= 0.3 is 6.09 Å². The molecule has 2 saturated heterocycles. The van der Waals surface area contributed by atoms with Gasteiger partial charge in [0.05, 0.1) is 12.1 Å². The van der Waals surface area contributed by atoms with Crippen LogP contribution in [0, 0.1) is 0 Å². The van der Waals surface area contributed by atoms with Crippen molar-refractivity contribution in [3.05, 3.63) is 0 Å². The van der Waals surface area contributed by atoms with Crippen LogP contribution in [0.15, 0.2) is 0 Å². The van der Waals surface area contributed by atoms with Crippen molar-refractivity contribution in [3.8, 4) is 0 Å². The second kappa shape index (κ2) is 4.10. The number of hydrogen-bond acceptors (Lipinski definition) is 4. The van der Waals surface area contributed by atoms with Gasteiger partial charge in [0.15, 0.2) is 0 Å². The third-order valence-corrected chi connectivity index (χ3v) is 3.25. The molecule has 2 fully saturated rings. The molecule has 1 spiro atoms. The lowest BCUT2D eigenvalue weighted by atomic mass is 9.84. The molecule has 1 N–H and O–H groups in total. The third-order valence-electron chi connectivity index (χ3n) is 3.25. The molecule has 2 rings (SSSR count). The number of likely N-dealkylation sites (tertiary alicyclic amines) is 1. The van der Waals surface area contributed by atoms with E-state index >= 15 is 0 Å². The molecule has 0 aromatic rings. The molecule has 1 amide bonds. The van der Waals surface area contributed by atoms with Gasteiger partial charge in [-0.05, 0) is 41.0 Å². The van der Waals surface area contributed by atoms with Crippen LogP contribution in [0.4, 0.5) is 4.79 Å². The number of nitrogens with zero attached hydrogens (tertiary/aromatic N) is 1. The number of nitrogens with one attached hydrogen (secondary N) is 1. The molecule has 104 valence electrons. The molecular weight excluding hydrogens is 232 g/mol. The highest BCUT2D eigenvalue weighted by Gasteiger charge is 2.50. The average molecular weight is 256 g/mol. The van der Waals surface area contributed by atoms with E-state index in [-0.39, 0.29) is 17.4 Å². The number of ether oxygens (including phenoxy) is 2. The van der Waals surface area contributed by atoms with E-state index in [1.807, 2.05) is 34.6 Å². The first-order valence-corrected chi connectivity index (χ1v) is 6.52. The van der Waals surface area contributed by atoms with E-state index in [1.54, 1.807) is 4.90 Å². The predicted octanol–water partition coefficient (Wildman–Crippen LogP) is 1.72. The summed E-state index contributed by atoms with van der Waals surface area (Å²) in [6.45, 7) is 11.8. The largest absolute Gasteiger partial charge is 0.444 e. The monoisotopic (exact) mass is 256 g/mol. The van der Waals surface area contributed by atoms with Crippen LogP contribution in [-0.2, 0) is 9.47 Å². The van der Waals surface area contributed by atoms with Crippen molar-refractivity contribution in [2.75, 3.05) is 19.7 Å². The van der Waals surface area contributed by atoms with Gasteiger partial charge in [0, 0.05) is 13.1 Å². The summed E-state index contributed by atoms with van der Waals surface area (Å²) in [5.41, 5.74) is -0.723. The molecule has 5 nitrogen and oxygen atoms in total. The van der Waals surface area contributed by atoms with Crippen molar-refractivity contribution in [2.24, 2.45) is 0 Å². The molecule has 5 heteroatoms. The van der Waals surface area contributed by atoms with Crippen molar-refractivity contribution >= 4 is 6.09 Å². The quantitative estimate of drug-likeness (QED) is 0.717. The maximum Gasteiger partial charge on any atom is 0.410 e. The molecule has 2 aliphatic heterocycles. The first-order valence-electron chi connectivity index (χ1n) is 6.52. The van der Waals surface area contributed by atoms with Crippen LogP contribution in [0.5, 0.6) is 0 Å². The third kappa shape index (κ3) is 2.95. The summed E-state index contributed by atoms with van der Waals surface area (Å²) in [4.78, 5) is 13.6. The average Bonchev–Trinajstić information content (AvgIpc) is 2.09. The van der Waals surface area contributed by atoms with Gasteiger partial charge in [-0.2, -0.15) is 0 Å². The lowest BCUT2D eigenvalue weighted by Crippen LogP contribution is -2.76. The second-order valence-electron chi connectivity index (χ2n) is 6.85. The van der Waals surface area contributed by atoms with Gasteiger partial charge in [0.2, 0.25) is 0 Å². The lowest BCUT2D eigenvalue weighted by Gasteiger charge is -2.56. The second-order valence-corrected chi connectivity index (χ2v) is 6.85. The number of carbonyl (C=O) groups excluding carboxylic acids is 1. The van der Waals surface area contributed by atoms with Crippen molar-refractivity contribution in [1.82, 2.24) is 10.2 Å². The Hall–Kier alpha value is -0.810. The summed E-state index contributed by atoms with van der Waals surface area (Å²) in [5.74, 6) is 0. The molecule has 2 heterocycles. The Morgan fingerprint density at radius 3 is 2.44 bits per heavy atom. The smallest absolute Gasteiger partial charge is 0.410 e. The zero-order chi connectivity index (χ0) is 13.6. The highest BCUT2D eigenvalue weighted by atomic mass is 16.6. The molecule has 0 unspecified atom stereocenters. The Balaban J connectivity index is 1.88. The minimum absolute atomic E-state index is 0.0126. The van der Waals surface area contributed by atoms with Crippen LogP contribution >= 0.6 is 0 Å². The SMILES string of the molecule is CC(C)(C)OC(=O)N1CC2(CCOC(C)(C)N2)C1. The maximum atomic E-state index is 11.9. The molecule has 0 atom stereocenters. The summed E-state index contributed by atoms with van der Waals surface area (Å²) < 4.78 is 11.0. The minimum Gasteiger partial charge on any atom is -0.444 e. The molecule has 0 bridgehead atoms. The predicted molar refractivity (Wildman–Crippen MR) is 68.3 cm³/mol. The first-order chi connectivity index (χ1) is 8.11. The van der Waals surface area contributed by atoms with Crippen LogP contribution < -0.4 is 5.32 Å². The minimum atomic E-state index is -0.428. The van der Waals surface area contributed by atoms with E-state index in [9.17, 15) is 4.79 Å². The summed E-state index contributed by atoms with van der Waals surface area (Å²) >= 11 is 0. The Bertz CT molecular complexity index is 341. The first kappa shape index (κ1) is 13.6. The molecule has 0 aromatic carbocycles. The molecule has 2 aliphatic rings. The van der Waals surface area contributed by atoms with E-state index in [4.69, 9.17) is 9.47 Å². The van der Waals surface area contributed by atoms with Crippen molar-refractivity contribution in [1.29, 1.82) is 0 Å². The van der Waals surface area contributed by atoms with Gasteiger partial charge in [-0.15, -0.1) is 0 Å². The van der Waals surface area contributed by atoms with Crippen molar-refractivity contribution in [3.63, 3.8) is 0 Å².